The lowest BCUT2D eigenvalue weighted by atomic mass is 9.46. The van der Waals surface area contributed by atoms with Crippen LogP contribution in [-0.2, 0) is 0 Å². The van der Waals surface area contributed by atoms with Gasteiger partial charge in [-0.15, -0.1) is 0 Å². The molecule has 0 radical (unpaired) electrons. The van der Waals surface area contributed by atoms with Crippen LogP contribution in [0.25, 0.3) is 0 Å². The minimum absolute atomic E-state index is 0.0204. The van der Waals surface area contributed by atoms with E-state index in [1.54, 1.807) is 0 Å². The van der Waals surface area contributed by atoms with Gasteiger partial charge in [0, 0.05) is 24.6 Å². The lowest BCUT2D eigenvalue weighted by Crippen LogP contribution is -2.53. The fraction of sp³-hybridized carbons (Fsp3) is 0.708. The highest BCUT2D eigenvalue weighted by Gasteiger charge is 2.60. The topological polar surface area (TPSA) is 56.1 Å². The first-order valence-electron chi connectivity index (χ1n) is 11.1. The number of hydrogen-bond donors (Lipinski definition) is 2. The second-order valence-electron chi connectivity index (χ2n) is 10.4. The van der Waals surface area contributed by atoms with Gasteiger partial charge in [-0.05, 0) is 67.3 Å². The zero-order valence-electron chi connectivity index (χ0n) is 17.4. The molecule has 0 amide bonds. The molecule has 0 spiro atoms. The van der Waals surface area contributed by atoms with Crippen LogP contribution in [0.4, 0.5) is 0 Å². The molecule has 0 aromatic heterocycles. The number of allylic oxidation sites excluding steroid dienone is 3. The van der Waals surface area contributed by atoms with Crippen LogP contribution in [-0.4, -0.2) is 34.1 Å². The van der Waals surface area contributed by atoms with Gasteiger partial charge in [-0.2, -0.15) is 0 Å². The van der Waals surface area contributed by atoms with Crippen molar-refractivity contribution in [2.24, 2.45) is 39.5 Å². The van der Waals surface area contributed by atoms with Gasteiger partial charge >= 0.3 is 0 Å². The molecule has 0 bridgehead atoms. The van der Waals surface area contributed by atoms with Gasteiger partial charge in [-0.1, -0.05) is 32.4 Å². The summed E-state index contributed by atoms with van der Waals surface area (Å²) in [6, 6.07) is 0. The van der Waals surface area contributed by atoms with Crippen molar-refractivity contribution in [1.82, 2.24) is 4.90 Å². The predicted octanol–water partition coefficient (Wildman–Crippen LogP) is 4.79. The van der Waals surface area contributed by atoms with Crippen LogP contribution in [0.5, 0.6) is 0 Å². The first kappa shape index (κ1) is 18.5. The predicted molar refractivity (Wildman–Crippen MR) is 112 cm³/mol. The van der Waals surface area contributed by atoms with Crippen molar-refractivity contribution < 1.29 is 10.2 Å². The molecule has 0 aromatic carbocycles. The molecular weight excluding hydrogens is 348 g/mol. The first-order valence-corrected chi connectivity index (χ1v) is 11.1. The molecule has 152 valence electrons. The van der Waals surface area contributed by atoms with Gasteiger partial charge in [0.1, 0.15) is 5.76 Å². The summed E-state index contributed by atoms with van der Waals surface area (Å²) in [7, 11) is 0. The first-order chi connectivity index (χ1) is 13.3. The summed E-state index contributed by atoms with van der Waals surface area (Å²) in [5.74, 6) is 2.83. The third-order valence-electron chi connectivity index (χ3n) is 9.01. The SMILES string of the molecule is C[C@H]1C=C2C[C@@H](O)CC[C@]2(C)[C@H]2CC[C@]3(C)C(N4C=NC=CC4)=C(O)C[C@H]3[C@H]12. The Balaban J connectivity index is 1.51. The highest BCUT2D eigenvalue weighted by molar-refractivity contribution is 5.62. The summed E-state index contributed by atoms with van der Waals surface area (Å²) in [6.45, 7) is 8.02. The standard InChI is InChI=1S/C24H34N2O2/c1-15-11-16-12-17(27)5-7-23(16,2)18-6-8-24(3)19(21(15)18)13-20(28)22(24)26-10-4-9-25-14-26/h4,9,11,14-15,17-19,21,27-28H,5-8,10,12-13H2,1-3H3/t15-,17-,18-,19-,21+,23-,24-/m0/s1. The van der Waals surface area contributed by atoms with E-state index in [0.717, 1.165) is 44.3 Å². The largest absolute Gasteiger partial charge is 0.510 e. The van der Waals surface area contributed by atoms with E-state index in [2.05, 4.69) is 42.8 Å². The lowest BCUT2D eigenvalue weighted by molar-refractivity contribution is -0.0521. The maximum atomic E-state index is 11.0. The third-order valence-corrected chi connectivity index (χ3v) is 9.01. The zero-order valence-corrected chi connectivity index (χ0v) is 17.4. The van der Waals surface area contributed by atoms with Crippen molar-refractivity contribution >= 4 is 6.34 Å². The van der Waals surface area contributed by atoms with Crippen LogP contribution >= 0.6 is 0 Å². The summed E-state index contributed by atoms with van der Waals surface area (Å²) in [6.07, 6.45) is 14.2. The number of fused-ring (bicyclic) bond motifs is 5. The Labute approximate surface area is 168 Å². The fourth-order valence-electron chi connectivity index (χ4n) is 7.66. The van der Waals surface area contributed by atoms with Crippen molar-refractivity contribution in [1.29, 1.82) is 0 Å². The maximum absolute atomic E-state index is 11.0. The lowest BCUT2D eigenvalue weighted by Gasteiger charge is -2.59. The van der Waals surface area contributed by atoms with Crippen LogP contribution in [0.15, 0.2) is 40.4 Å². The van der Waals surface area contributed by atoms with Crippen molar-refractivity contribution in [3.63, 3.8) is 0 Å². The highest BCUT2D eigenvalue weighted by atomic mass is 16.3. The number of aliphatic hydroxyl groups excluding tert-OH is 2. The second kappa shape index (κ2) is 6.22. The molecule has 28 heavy (non-hydrogen) atoms. The molecular formula is C24H34N2O2. The van der Waals surface area contributed by atoms with E-state index in [-0.39, 0.29) is 16.9 Å². The average Bonchev–Trinajstić information content (AvgIpc) is 2.94. The Morgan fingerprint density at radius 3 is 2.64 bits per heavy atom. The normalized spacial score (nSPS) is 47.5. The van der Waals surface area contributed by atoms with Gasteiger partial charge in [-0.25, -0.2) is 4.99 Å². The molecule has 5 aliphatic rings. The molecule has 0 saturated heterocycles. The Bertz CT molecular complexity index is 796. The number of aliphatic imine (C=N–C) groups is 1. The molecule has 1 aliphatic heterocycles. The van der Waals surface area contributed by atoms with E-state index in [1.807, 2.05) is 12.5 Å². The van der Waals surface area contributed by atoms with Crippen molar-refractivity contribution in [2.75, 3.05) is 6.54 Å². The van der Waals surface area contributed by atoms with Crippen LogP contribution < -0.4 is 0 Å². The minimum Gasteiger partial charge on any atom is -0.510 e. The quantitative estimate of drug-likeness (QED) is 0.641. The van der Waals surface area contributed by atoms with Gasteiger partial charge < -0.3 is 15.1 Å². The number of nitrogens with zero attached hydrogens (tertiary/aromatic N) is 2. The smallest absolute Gasteiger partial charge is 0.113 e. The van der Waals surface area contributed by atoms with Gasteiger partial charge in [0.2, 0.25) is 0 Å². The fourth-order valence-corrected chi connectivity index (χ4v) is 7.66. The number of aliphatic hydroxyl groups is 2. The van der Waals surface area contributed by atoms with Crippen molar-refractivity contribution in [3.8, 4) is 0 Å². The molecule has 2 N–H and O–H groups in total. The Morgan fingerprint density at radius 2 is 1.89 bits per heavy atom. The number of hydrogen-bond acceptors (Lipinski definition) is 4. The van der Waals surface area contributed by atoms with E-state index in [1.165, 1.54) is 12.0 Å². The summed E-state index contributed by atoms with van der Waals surface area (Å²) in [4.78, 5) is 6.49. The van der Waals surface area contributed by atoms with Gasteiger partial charge in [0.25, 0.3) is 0 Å². The minimum atomic E-state index is -0.160. The molecule has 2 saturated carbocycles. The molecule has 4 nitrogen and oxygen atoms in total. The molecule has 5 rings (SSSR count). The Kier molecular flexibility index (Phi) is 4.11. The third kappa shape index (κ3) is 2.43. The summed E-state index contributed by atoms with van der Waals surface area (Å²) >= 11 is 0. The van der Waals surface area contributed by atoms with E-state index >= 15 is 0 Å². The summed E-state index contributed by atoms with van der Waals surface area (Å²) in [5.41, 5.74) is 2.88. The number of rotatable bonds is 1. The highest BCUT2D eigenvalue weighted by Crippen LogP contribution is 2.67. The van der Waals surface area contributed by atoms with Gasteiger partial charge in [-0.3, -0.25) is 0 Å². The van der Waals surface area contributed by atoms with E-state index < -0.39 is 0 Å². The maximum Gasteiger partial charge on any atom is 0.113 e. The second-order valence-corrected chi connectivity index (χ2v) is 10.4. The molecule has 0 aromatic rings. The van der Waals surface area contributed by atoms with Crippen LogP contribution in [0.2, 0.25) is 0 Å². The summed E-state index contributed by atoms with van der Waals surface area (Å²) in [5, 5.41) is 21.3. The molecule has 4 heteroatoms. The van der Waals surface area contributed by atoms with Crippen LogP contribution in [0, 0.1) is 34.5 Å². The molecule has 0 unspecified atom stereocenters. The molecule has 4 aliphatic carbocycles. The Morgan fingerprint density at radius 1 is 1.11 bits per heavy atom. The van der Waals surface area contributed by atoms with Crippen molar-refractivity contribution in [3.05, 3.63) is 35.4 Å². The van der Waals surface area contributed by atoms with Crippen molar-refractivity contribution in [2.45, 2.75) is 65.4 Å². The zero-order chi connectivity index (χ0) is 19.7. The monoisotopic (exact) mass is 382 g/mol. The molecule has 1 heterocycles. The van der Waals surface area contributed by atoms with Crippen LogP contribution in [0.3, 0.4) is 0 Å². The average molecular weight is 383 g/mol. The van der Waals surface area contributed by atoms with Crippen LogP contribution in [0.1, 0.15) is 59.3 Å². The molecule has 7 atom stereocenters. The van der Waals surface area contributed by atoms with E-state index in [4.69, 9.17) is 0 Å². The van der Waals surface area contributed by atoms with Gasteiger partial charge in [0.05, 0.1) is 18.1 Å². The Hall–Kier alpha value is -1.55. The summed E-state index contributed by atoms with van der Waals surface area (Å²) < 4.78 is 0. The van der Waals surface area contributed by atoms with Gasteiger partial charge in [0.15, 0.2) is 0 Å². The van der Waals surface area contributed by atoms with E-state index in [9.17, 15) is 10.2 Å². The molecule has 2 fully saturated rings. The van der Waals surface area contributed by atoms with E-state index in [0.29, 0.717) is 29.4 Å².